The van der Waals surface area contributed by atoms with E-state index >= 15 is 0 Å². The Morgan fingerprint density at radius 2 is 1.08 bits per heavy atom. The SMILES string of the molecule is Cc1ccc(-c2nc3c4ccccc4c4ccccc4c3n2-c2ccc(/C=C/c3ccccc3)cc2)cc1. The summed E-state index contributed by atoms with van der Waals surface area (Å²) in [6.07, 6.45) is 4.31. The number of benzene rings is 6. The standard InChI is InChI=1S/C36H26N2/c1-25-15-21-28(22-16-25)36-37-34-32-13-7-5-11-30(32)31-12-6-8-14-33(31)35(34)38(36)29-23-19-27(20-24-29)18-17-26-9-3-2-4-10-26/h2-24H,1H3/b18-17+. The lowest BCUT2D eigenvalue weighted by Gasteiger charge is -2.13. The molecule has 0 radical (unpaired) electrons. The van der Waals surface area contributed by atoms with Crippen LogP contribution in [-0.2, 0) is 0 Å². The Hall–Kier alpha value is -4.95. The molecule has 0 N–H and O–H groups in total. The van der Waals surface area contributed by atoms with Gasteiger partial charge in [-0.3, -0.25) is 4.57 Å². The van der Waals surface area contributed by atoms with Gasteiger partial charge >= 0.3 is 0 Å². The molecule has 2 nitrogen and oxygen atoms in total. The number of nitrogens with zero attached hydrogens (tertiary/aromatic N) is 2. The van der Waals surface area contributed by atoms with Crippen molar-refractivity contribution in [1.29, 1.82) is 0 Å². The van der Waals surface area contributed by atoms with Gasteiger partial charge in [-0.15, -0.1) is 0 Å². The Morgan fingerprint density at radius 1 is 0.526 bits per heavy atom. The van der Waals surface area contributed by atoms with Crippen LogP contribution in [-0.4, -0.2) is 9.55 Å². The third-order valence-electron chi connectivity index (χ3n) is 7.26. The second-order valence-electron chi connectivity index (χ2n) is 9.76. The molecule has 0 aliphatic rings. The number of hydrogen-bond acceptors (Lipinski definition) is 1. The van der Waals surface area contributed by atoms with Crippen molar-refractivity contribution >= 4 is 44.7 Å². The van der Waals surface area contributed by atoms with Crippen molar-refractivity contribution in [2.45, 2.75) is 6.92 Å². The summed E-state index contributed by atoms with van der Waals surface area (Å²) < 4.78 is 2.33. The van der Waals surface area contributed by atoms with E-state index in [1.165, 1.54) is 32.7 Å². The minimum Gasteiger partial charge on any atom is -0.292 e. The number of aryl methyl sites for hydroxylation is 1. The molecule has 6 aromatic carbocycles. The van der Waals surface area contributed by atoms with Gasteiger partial charge in [0.15, 0.2) is 0 Å². The van der Waals surface area contributed by atoms with Gasteiger partial charge in [0.25, 0.3) is 0 Å². The summed E-state index contributed by atoms with van der Waals surface area (Å²) in [5, 5.41) is 4.86. The highest BCUT2D eigenvalue weighted by molar-refractivity contribution is 6.24. The Bertz CT molecular complexity index is 1940. The fourth-order valence-corrected chi connectivity index (χ4v) is 5.34. The lowest BCUT2D eigenvalue weighted by atomic mass is 10.00. The monoisotopic (exact) mass is 486 g/mol. The zero-order valence-corrected chi connectivity index (χ0v) is 21.2. The van der Waals surface area contributed by atoms with Gasteiger partial charge in [0.1, 0.15) is 5.82 Å². The first kappa shape index (κ1) is 22.3. The molecule has 7 aromatic rings. The van der Waals surface area contributed by atoms with Crippen LogP contribution in [0.3, 0.4) is 0 Å². The van der Waals surface area contributed by atoms with Crippen LogP contribution in [0.15, 0.2) is 127 Å². The molecular formula is C36H26N2. The molecule has 0 spiro atoms. The molecule has 0 aliphatic carbocycles. The van der Waals surface area contributed by atoms with E-state index in [0.29, 0.717) is 0 Å². The van der Waals surface area contributed by atoms with Gasteiger partial charge in [-0.25, -0.2) is 4.98 Å². The van der Waals surface area contributed by atoms with Crippen LogP contribution in [0.2, 0.25) is 0 Å². The minimum absolute atomic E-state index is 0.953. The molecule has 0 saturated heterocycles. The summed E-state index contributed by atoms with van der Waals surface area (Å²) in [4.78, 5) is 5.31. The van der Waals surface area contributed by atoms with E-state index in [9.17, 15) is 0 Å². The number of fused-ring (bicyclic) bond motifs is 6. The molecule has 0 atom stereocenters. The van der Waals surface area contributed by atoms with Crippen LogP contribution < -0.4 is 0 Å². The van der Waals surface area contributed by atoms with Crippen molar-refractivity contribution in [3.63, 3.8) is 0 Å². The molecule has 38 heavy (non-hydrogen) atoms. The molecule has 180 valence electrons. The summed E-state index contributed by atoms with van der Waals surface area (Å²) in [7, 11) is 0. The molecule has 0 unspecified atom stereocenters. The van der Waals surface area contributed by atoms with Gasteiger partial charge in [-0.1, -0.05) is 133 Å². The normalized spacial score (nSPS) is 11.7. The van der Waals surface area contributed by atoms with E-state index < -0.39 is 0 Å². The first-order valence-corrected chi connectivity index (χ1v) is 13.0. The largest absolute Gasteiger partial charge is 0.292 e. The Kier molecular flexibility index (Phi) is 5.37. The van der Waals surface area contributed by atoms with E-state index in [0.717, 1.165) is 33.7 Å². The summed E-state index contributed by atoms with van der Waals surface area (Å²) in [5.41, 5.74) is 7.96. The molecular weight excluding hydrogens is 460 g/mol. The average molecular weight is 487 g/mol. The van der Waals surface area contributed by atoms with Crippen LogP contribution >= 0.6 is 0 Å². The van der Waals surface area contributed by atoms with E-state index in [1.807, 2.05) is 6.07 Å². The van der Waals surface area contributed by atoms with Crippen LogP contribution in [0, 0.1) is 6.92 Å². The Labute approximate surface area is 222 Å². The maximum absolute atomic E-state index is 5.31. The van der Waals surface area contributed by atoms with Crippen molar-refractivity contribution in [3.05, 3.63) is 144 Å². The topological polar surface area (TPSA) is 17.8 Å². The third kappa shape index (κ3) is 3.79. The van der Waals surface area contributed by atoms with Crippen molar-refractivity contribution in [2.75, 3.05) is 0 Å². The van der Waals surface area contributed by atoms with Crippen LogP contribution in [0.25, 0.3) is 61.8 Å². The molecule has 1 heterocycles. The third-order valence-corrected chi connectivity index (χ3v) is 7.26. The first-order chi connectivity index (χ1) is 18.8. The van der Waals surface area contributed by atoms with E-state index in [-0.39, 0.29) is 0 Å². The van der Waals surface area contributed by atoms with Gasteiger partial charge in [-0.05, 0) is 41.0 Å². The number of imidazole rings is 1. The van der Waals surface area contributed by atoms with E-state index in [4.69, 9.17) is 4.98 Å². The first-order valence-electron chi connectivity index (χ1n) is 13.0. The highest BCUT2D eigenvalue weighted by Crippen LogP contribution is 2.39. The molecule has 0 fully saturated rings. The minimum atomic E-state index is 0.953. The number of hydrogen-bond donors (Lipinski definition) is 0. The molecule has 0 aliphatic heterocycles. The highest BCUT2D eigenvalue weighted by atomic mass is 15.1. The zero-order chi connectivity index (χ0) is 25.5. The molecule has 0 amide bonds. The van der Waals surface area contributed by atoms with Crippen molar-refractivity contribution < 1.29 is 0 Å². The van der Waals surface area contributed by atoms with Gasteiger partial charge in [0.05, 0.1) is 11.0 Å². The van der Waals surface area contributed by atoms with Crippen molar-refractivity contribution in [3.8, 4) is 17.1 Å². The summed E-state index contributed by atoms with van der Waals surface area (Å²) in [6.45, 7) is 2.12. The van der Waals surface area contributed by atoms with Gasteiger partial charge in [-0.2, -0.15) is 0 Å². The maximum atomic E-state index is 5.31. The maximum Gasteiger partial charge on any atom is 0.145 e. The van der Waals surface area contributed by atoms with E-state index in [2.05, 4.69) is 145 Å². The van der Waals surface area contributed by atoms with Gasteiger partial charge in [0, 0.05) is 22.0 Å². The molecule has 1 aromatic heterocycles. The van der Waals surface area contributed by atoms with Gasteiger partial charge in [0.2, 0.25) is 0 Å². The van der Waals surface area contributed by atoms with Crippen molar-refractivity contribution in [2.24, 2.45) is 0 Å². The fraction of sp³-hybridized carbons (Fsp3) is 0.0278. The zero-order valence-electron chi connectivity index (χ0n) is 21.2. The van der Waals surface area contributed by atoms with E-state index in [1.54, 1.807) is 0 Å². The lowest BCUT2D eigenvalue weighted by Crippen LogP contribution is -1.98. The Balaban J connectivity index is 1.49. The average Bonchev–Trinajstić information content (AvgIpc) is 3.39. The number of aromatic nitrogens is 2. The van der Waals surface area contributed by atoms with Crippen LogP contribution in [0.4, 0.5) is 0 Å². The van der Waals surface area contributed by atoms with Gasteiger partial charge < -0.3 is 0 Å². The molecule has 0 saturated carbocycles. The molecule has 0 bridgehead atoms. The quantitative estimate of drug-likeness (QED) is 0.179. The highest BCUT2D eigenvalue weighted by Gasteiger charge is 2.19. The summed E-state index contributed by atoms with van der Waals surface area (Å²) in [5.74, 6) is 0.953. The van der Waals surface area contributed by atoms with Crippen LogP contribution in [0.1, 0.15) is 16.7 Å². The van der Waals surface area contributed by atoms with Crippen LogP contribution in [0.5, 0.6) is 0 Å². The predicted octanol–water partition coefficient (Wildman–Crippen LogP) is 9.48. The molecule has 7 rings (SSSR count). The number of rotatable bonds is 4. The second kappa shape index (κ2) is 9.17. The van der Waals surface area contributed by atoms with Crippen molar-refractivity contribution in [1.82, 2.24) is 9.55 Å². The smallest absolute Gasteiger partial charge is 0.145 e. The Morgan fingerprint density at radius 3 is 1.76 bits per heavy atom. The second-order valence-corrected chi connectivity index (χ2v) is 9.76. The fourth-order valence-electron chi connectivity index (χ4n) is 5.34. The summed E-state index contributed by atoms with van der Waals surface area (Å²) >= 11 is 0. The molecule has 2 heteroatoms. The predicted molar refractivity (Wildman–Crippen MR) is 162 cm³/mol. The summed E-state index contributed by atoms with van der Waals surface area (Å²) in [6, 6.07) is 45.1. The lowest BCUT2D eigenvalue weighted by molar-refractivity contribution is 1.10.